The zero-order chi connectivity index (χ0) is 20.7. The maximum absolute atomic E-state index is 6.31. The van der Waals surface area contributed by atoms with E-state index in [1.54, 1.807) is 0 Å². The lowest BCUT2D eigenvalue weighted by molar-refractivity contribution is 0.00578. The summed E-state index contributed by atoms with van der Waals surface area (Å²) in [6, 6.07) is 23.3. The third kappa shape index (κ3) is 2.33. The summed E-state index contributed by atoms with van der Waals surface area (Å²) in [4.78, 5) is 4.94. The molecule has 0 spiro atoms. The molecule has 3 heterocycles. The number of rotatable bonds is 1. The summed E-state index contributed by atoms with van der Waals surface area (Å²) >= 11 is 0. The Hall–Kier alpha value is -2.89. The number of fused-ring (bicyclic) bond motifs is 8. The molecule has 0 aliphatic carbocycles. The lowest BCUT2D eigenvalue weighted by Gasteiger charge is -2.32. The second kappa shape index (κ2) is 5.84. The van der Waals surface area contributed by atoms with Crippen molar-refractivity contribution < 1.29 is 9.31 Å². The predicted molar refractivity (Wildman–Crippen MR) is 123 cm³/mol. The Kier molecular flexibility index (Phi) is 3.49. The van der Waals surface area contributed by atoms with Gasteiger partial charge < -0.3 is 9.31 Å². The van der Waals surface area contributed by atoms with E-state index in [-0.39, 0.29) is 18.3 Å². The van der Waals surface area contributed by atoms with Crippen LogP contribution in [0, 0.1) is 0 Å². The van der Waals surface area contributed by atoms with Crippen molar-refractivity contribution in [2.24, 2.45) is 0 Å². The maximum Gasteiger partial charge on any atom is 0.494 e. The third-order valence-corrected chi connectivity index (χ3v) is 6.81. The molecule has 0 bridgehead atoms. The lowest BCUT2D eigenvalue weighted by Crippen LogP contribution is -2.41. The summed E-state index contributed by atoms with van der Waals surface area (Å²) in [6.07, 6.45) is 0. The van der Waals surface area contributed by atoms with Gasteiger partial charge in [-0.1, -0.05) is 48.5 Å². The largest absolute Gasteiger partial charge is 0.494 e. The molecule has 1 fully saturated rings. The minimum absolute atomic E-state index is 0.362. The van der Waals surface area contributed by atoms with Crippen molar-refractivity contribution in [3.05, 3.63) is 66.7 Å². The summed E-state index contributed by atoms with van der Waals surface area (Å²) in [6.45, 7) is 8.35. The highest BCUT2D eigenvalue weighted by Crippen LogP contribution is 2.37. The first kappa shape index (κ1) is 17.9. The molecule has 0 unspecified atom stereocenters. The number of para-hydroxylation sites is 2. The Labute approximate surface area is 175 Å². The number of benzene rings is 3. The average molecular weight is 394 g/mol. The van der Waals surface area contributed by atoms with Crippen LogP contribution in [-0.4, -0.2) is 27.7 Å². The second-order valence-electron chi connectivity index (χ2n) is 9.17. The Morgan fingerprint density at radius 3 is 2.17 bits per heavy atom. The SMILES string of the molecule is CC1(C)OB(c2ccc3c(c2)c2ccccc2c2nc4ccccc4n32)OC1(C)C. The summed E-state index contributed by atoms with van der Waals surface area (Å²) in [5, 5.41) is 3.51. The molecule has 1 saturated heterocycles. The van der Waals surface area contributed by atoms with Gasteiger partial charge >= 0.3 is 7.12 Å². The minimum Gasteiger partial charge on any atom is -0.399 e. The van der Waals surface area contributed by atoms with Gasteiger partial charge in [-0.15, -0.1) is 0 Å². The average Bonchev–Trinajstić information content (AvgIpc) is 3.22. The molecular weight excluding hydrogens is 371 g/mol. The first-order valence-corrected chi connectivity index (χ1v) is 10.4. The van der Waals surface area contributed by atoms with Crippen molar-refractivity contribution >= 4 is 50.9 Å². The maximum atomic E-state index is 6.31. The zero-order valence-electron chi connectivity index (χ0n) is 17.6. The van der Waals surface area contributed by atoms with Crippen LogP contribution < -0.4 is 5.46 Å². The highest BCUT2D eigenvalue weighted by Gasteiger charge is 2.51. The number of pyridine rings is 1. The molecule has 0 N–H and O–H groups in total. The number of nitrogens with zero attached hydrogens (tertiary/aromatic N) is 2. The molecule has 4 nitrogen and oxygen atoms in total. The van der Waals surface area contributed by atoms with E-state index in [0.717, 1.165) is 33.0 Å². The van der Waals surface area contributed by atoms with Crippen molar-refractivity contribution in [1.82, 2.24) is 9.38 Å². The molecule has 5 heteroatoms. The zero-order valence-corrected chi connectivity index (χ0v) is 17.6. The van der Waals surface area contributed by atoms with Gasteiger partial charge in [-0.25, -0.2) is 4.98 Å². The van der Waals surface area contributed by atoms with E-state index < -0.39 is 0 Å². The third-order valence-electron chi connectivity index (χ3n) is 6.81. The quantitative estimate of drug-likeness (QED) is 0.293. The fourth-order valence-electron chi connectivity index (χ4n) is 4.45. The van der Waals surface area contributed by atoms with Crippen molar-refractivity contribution in [3.8, 4) is 0 Å². The van der Waals surface area contributed by atoms with Crippen LogP contribution in [0.4, 0.5) is 0 Å². The van der Waals surface area contributed by atoms with E-state index in [1.165, 1.54) is 10.8 Å². The van der Waals surface area contributed by atoms with Gasteiger partial charge in [0.2, 0.25) is 0 Å². The first-order valence-electron chi connectivity index (χ1n) is 10.4. The van der Waals surface area contributed by atoms with Crippen LogP contribution in [0.15, 0.2) is 66.7 Å². The van der Waals surface area contributed by atoms with Gasteiger partial charge in [-0.2, -0.15) is 0 Å². The van der Waals surface area contributed by atoms with E-state index >= 15 is 0 Å². The molecule has 30 heavy (non-hydrogen) atoms. The second-order valence-corrected chi connectivity index (χ2v) is 9.17. The number of hydrogen-bond acceptors (Lipinski definition) is 3. The van der Waals surface area contributed by atoms with Gasteiger partial charge in [0.1, 0.15) is 5.65 Å². The Bertz CT molecular complexity index is 1450. The van der Waals surface area contributed by atoms with Crippen LogP contribution in [0.5, 0.6) is 0 Å². The molecule has 0 amide bonds. The monoisotopic (exact) mass is 394 g/mol. The molecule has 2 aromatic heterocycles. The van der Waals surface area contributed by atoms with Crippen LogP contribution in [0.1, 0.15) is 27.7 Å². The molecule has 5 aromatic rings. The van der Waals surface area contributed by atoms with Crippen LogP contribution in [0.25, 0.3) is 38.4 Å². The van der Waals surface area contributed by atoms with Crippen LogP contribution in [0.2, 0.25) is 0 Å². The summed E-state index contributed by atoms with van der Waals surface area (Å²) < 4.78 is 14.9. The van der Waals surface area contributed by atoms with Gasteiger partial charge in [0.15, 0.2) is 0 Å². The highest BCUT2D eigenvalue weighted by molar-refractivity contribution is 6.62. The smallest absolute Gasteiger partial charge is 0.399 e. The van der Waals surface area contributed by atoms with Gasteiger partial charge in [-0.3, -0.25) is 4.40 Å². The molecule has 1 aliphatic rings. The Balaban J connectivity index is 1.68. The summed E-state index contributed by atoms with van der Waals surface area (Å²) in [7, 11) is -0.381. The van der Waals surface area contributed by atoms with Crippen molar-refractivity contribution in [2.75, 3.05) is 0 Å². The molecule has 0 saturated carbocycles. The molecule has 6 rings (SSSR count). The van der Waals surface area contributed by atoms with E-state index in [4.69, 9.17) is 14.3 Å². The van der Waals surface area contributed by atoms with Crippen LogP contribution >= 0.6 is 0 Å². The summed E-state index contributed by atoms with van der Waals surface area (Å²) in [5.74, 6) is 0. The predicted octanol–water partition coefficient (Wildman–Crippen LogP) is 5.09. The number of aromatic nitrogens is 2. The van der Waals surface area contributed by atoms with Crippen molar-refractivity contribution in [1.29, 1.82) is 0 Å². The standard InChI is InChI=1S/C25H23BN2O2/c1-24(2)25(3,4)30-26(29-24)16-13-14-21-19(15-16)17-9-5-6-10-18(17)23-27-20-11-7-8-12-22(20)28(21)23/h5-15H,1-4H3. The Morgan fingerprint density at radius 2 is 1.40 bits per heavy atom. The highest BCUT2D eigenvalue weighted by atomic mass is 16.7. The van der Waals surface area contributed by atoms with Gasteiger partial charge in [0.25, 0.3) is 0 Å². The Morgan fingerprint density at radius 1 is 0.733 bits per heavy atom. The van der Waals surface area contributed by atoms with Gasteiger partial charge in [0.05, 0.1) is 27.8 Å². The fraction of sp³-hybridized carbons (Fsp3) is 0.240. The van der Waals surface area contributed by atoms with Crippen LogP contribution in [-0.2, 0) is 9.31 Å². The normalized spacial score (nSPS) is 18.2. The number of hydrogen-bond donors (Lipinski definition) is 0. The minimum atomic E-state index is -0.381. The van der Waals surface area contributed by atoms with E-state index in [1.807, 2.05) is 6.07 Å². The van der Waals surface area contributed by atoms with Gasteiger partial charge in [-0.05, 0) is 56.7 Å². The lowest BCUT2D eigenvalue weighted by atomic mass is 9.78. The first-order chi connectivity index (χ1) is 14.4. The van der Waals surface area contributed by atoms with E-state index in [0.29, 0.717) is 0 Å². The van der Waals surface area contributed by atoms with E-state index in [9.17, 15) is 0 Å². The van der Waals surface area contributed by atoms with E-state index in [2.05, 4.69) is 92.8 Å². The molecule has 148 valence electrons. The summed E-state index contributed by atoms with van der Waals surface area (Å²) in [5.41, 5.74) is 4.56. The topological polar surface area (TPSA) is 35.8 Å². The molecule has 0 atom stereocenters. The molecule has 0 radical (unpaired) electrons. The van der Waals surface area contributed by atoms with Crippen LogP contribution in [0.3, 0.4) is 0 Å². The molecule has 1 aliphatic heterocycles. The number of imidazole rings is 1. The van der Waals surface area contributed by atoms with Gasteiger partial charge in [0, 0.05) is 10.8 Å². The van der Waals surface area contributed by atoms with Crippen molar-refractivity contribution in [3.63, 3.8) is 0 Å². The fourth-order valence-corrected chi connectivity index (χ4v) is 4.45. The molecular formula is C25H23BN2O2. The van der Waals surface area contributed by atoms with Crippen molar-refractivity contribution in [2.45, 2.75) is 38.9 Å². The molecule has 3 aromatic carbocycles.